The van der Waals surface area contributed by atoms with Gasteiger partial charge in [0.25, 0.3) is 0 Å². The Morgan fingerprint density at radius 3 is 1.96 bits per heavy atom. The van der Waals surface area contributed by atoms with Gasteiger partial charge in [-0.1, -0.05) is 60.7 Å². The molecule has 4 heteroatoms. The lowest BCUT2D eigenvalue weighted by Gasteiger charge is -2.41. The molecule has 0 aliphatic carbocycles. The van der Waals surface area contributed by atoms with Crippen molar-refractivity contribution < 1.29 is 9.63 Å². The Hall–Kier alpha value is -2.43. The Balaban J connectivity index is 2.06. The molecule has 0 radical (unpaired) electrons. The highest BCUT2D eigenvalue weighted by Gasteiger charge is 2.71. The normalized spacial score (nSPS) is 26.7. The van der Waals surface area contributed by atoms with Gasteiger partial charge in [0.2, 0.25) is 0 Å². The van der Waals surface area contributed by atoms with Crippen LogP contribution in [-0.4, -0.2) is 34.4 Å². The molecule has 2 heterocycles. The standard InChI is InChI=1S/C23H26N2O2/c1-21(2)22(3,4)25-23(24(21)5,18-14-10-7-11-15-18)19(16-26)20(27-25)17-12-8-6-9-13-17/h6-16H,1-5H3. The largest absolute Gasteiger partial charge is 0.402 e. The number of nitrogens with zero attached hydrogens (tertiary/aromatic N) is 2. The molecule has 4 rings (SSSR count). The minimum absolute atomic E-state index is 0.237. The van der Waals surface area contributed by atoms with E-state index in [2.05, 4.69) is 51.8 Å². The molecule has 0 saturated carbocycles. The molecule has 0 spiro atoms. The molecule has 0 N–H and O–H groups in total. The quantitative estimate of drug-likeness (QED) is 0.766. The third kappa shape index (κ3) is 2.08. The number of benzene rings is 2. The third-order valence-electron chi connectivity index (χ3n) is 6.76. The first-order chi connectivity index (χ1) is 12.8. The first kappa shape index (κ1) is 18.0. The van der Waals surface area contributed by atoms with Crippen LogP contribution in [0.25, 0.3) is 5.76 Å². The molecule has 0 amide bonds. The summed E-state index contributed by atoms with van der Waals surface area (Å²) in [6.07, 6.45) is 0.962. The average Bonchev–Trinajstić information content (AvgIpc) is 3.09. The maximum atomic E-state index is 12.5. The van der Waals surface area contributed by atoms with E-state index in [9.17, 15) is 4.79 Å². The number of hydrogen-bond acceptors (Lipinski definition) is 4. The summed E-state index contributed by atoms with van der Waals surface area (Å²) in [4.78, 5) is 21.3. The molecule has 1 unspecified atom stereocenters. The lowest BCUT2D eigenvalue weighted by atomic mass is 9.83. The fourth-order valence-corrected chi connectivity index (χ4v) is 4.44. The van der Waals surface area contributed by atoms with Crippen molar-refractivity contribution in [1.29, 1.82) is 0 Å². The summed E-state index contributed by atoms with van der Waals surface area (Å²) < 4.78 is 0. The molecule has 4 nitrogen and oxygen atoms in total. The molecule has 0 bridgehead atoms. The van der Waals surface area contributed by atoms with E-state index in [1.165, 1.54) is 0 Å². The van der Waals surface area contributed by atoms with Crippen molar-refractivity contribution >= 4 is 12.0 Å². The molecular weight excluding hydrogens is 336 g/mol. The maximum absolute atomic E-state index is 12.5. The predicted molar refractivity (Wildman–Crippen MR) is 106 cm³/mol. The number of aldehydes is 1. The van der Waals surface area contributed by atoms with Gasteiger partial charge < -0.3 is 4.84 Å². The van der Waals surface area contributed by atoms with Crippen LogP contribution in [-0.2, 0) is 15.3 Å². The molecule has 140 valence electrons. The van der Waals surface area contributed by atoms with E-state index in [4.69, 9.17) is 4.84 Å². The van der Waals surface area contributed by atoms with Crippen LogP contribution >= 0.6 is 0 Å². The van der Waals surface area contributed by atoms with Gasteiger partial charge >= 0.3 is 0 Å². The summed E-state index contributed by atoms with van der Waals surface area (Å²) in [5.74, 6) is 0.630. The summed E-state index contributed by atoms with van der Waals surface area (Å²) >= 11 is 0. The van der Waals surface area contributed by atoms with Crippen LogP contribution < -0.4 is 0 Å². The molecule has 2 aliphatic heterocycles. The number of hydroxylamine groups is 2. The first-order valence-corrected chi connectivity index (χ1v) is 9.32. The minimum atomic E-state index is -0.777. The molecular formula is C23H26N2O2. The Bertz CT molecular complexity index is 902. The van der Waals surface area contributed by atoms with E-state index >= 15 is 0 Å². The minimum Gasteiger partial charge on any atom is -0.402 e. The zero-order valence-electron chi connectivity index (χ0n) is 16.6. The molecule has 1 fully saturated rings. The number of fused-ring (bicyclic) bond motifs is 1. The SMILES string of the molecule is CN1C2(c3ccccc3)C(C=O)=C(c3ccccc3)ON2C(C)(C)C1(C)C. The smallest absolute Gasteiger partial charge is 0.167 e. The van der Waals surface area contributed by atoms with Crippen LogP contribution in [0.4, 0.5) is 0 Å². The third-order valence-corrected chi connectivity index (χ3v) is 6.76. The number of carbonyl (C=O) groups excluding carboxylic acids is 1. The second-order valence-electron chi connectivity index (χ2n) is 8.33. The molecule has 0 aromatic heterocycles. The van der Waals surface area contributed by atoms with Gasteiger partial charge in [-0.2, -0.15) is 0 Å². The Morgan fingerprint density at radius 2 is 1.41 bits per heavy atom. The second-order valence-corrected chi connectivity index (χ2v) is 8.33. The van der Waals surface area contributed by atoms with Gasteiger partial charge in [-0.25, -0.2) is 0 Å². The highest BCUT2D eigenvalue weighted by molar-refractivity contribution is 5.90. The van der Waals surface area contributed by atoms with Gasteiger partial charge in [0.15, 0.2) is 17.7 Å². The van der Waals surface area contributed by atoms with Crippen molar-refractivity contribution in [1.82, 2.24) is 9.96 Å². The summed E-state index contributed by atoms with van der Waals surface area (Å²) in [7, 11) is 2.08. The van der Waals surface area contributed by atoms with Gasteiger partial charge in [-0.3, -0.25) is 9.69 Å². The zero-order valence-corrected chi connectivity index (χ0v) is 16.6. The number of hydrogen-bond donors (Lipinski definition) is 0. The predicted octanol–water partition coefficient (Wildman–Crippen LogP) is 4.20. The van der Waals surface area contributed by atoms with E-state index in [0.717, 1.165) is 17.4 Å². The van der Waals surface area contributed by atoms with Gasteiger partial charge in [0.05, 0.1) is 11.1 Å². The van der Waals surface area contributed by atoms with E-state index in [1.807, 2.05) is 53.6 Å². The summed E-state index contributed by atoms with van der Waals surface area (Å²) in [6.45, 7) is 8.74. The van der Waals surface area contributed by atoms with Crippen molar-refractivity contribution in [3.63, 3.8) is 0 Å². The molecule has 1 saturated heterocycles. The Labute approximate surface area is 161 Å². The van der Waals surface area contributed by atoms with Crippen LogP contribution in [0.1, 0.15) is 38.8 Å². The molecule has 2 aromatic rings. The van der Waals surface area contributed by atoms with Gasteiger partial charge in [-0.15, -0.1) is 5.06 Å². The molecule has 27 heavy (non-hydrogen) atoms. The van der Waals surface area contributed by atoms with Crippen molar-refractivity contribution in [2.24, 2.45) is 0 Å². The van der Waals surface area contributed by atoms with Crippen LogP contribution in [0.15, 0.2) is 66.2 Å². The van der Waals surface area contributed by atoms with Crippen LogP contribution in [0.2, 0.25) is 0 Å². The maximum Gasteiger partial charge on any atom is 0.167 e. The van der Waals surface area contributed by atoms with Crippen molar-refractivity contribution in [3.8, 4) is 0 Å². The number of carbonyl (C=O) groups is 1. The van der Waals surface area contributed by atoms with E-state index in [1.54, 1.807) is 0 Å². The Morgan fingerprint density at radius 1 is 0.852 bits per heavy atom. The number of likely N-dealkylation sites (N-methyl/N-ethyl adjacent to an activating group) is 1. The topological polar surface area (TPSA) is 32.8 Å². The lowest BCUT2D eigenvalue weighted by Crippen LogP contribution is -2.53. The van der Waals surface area contributed by atoms with Gasteiger partial charge in [0.1, 0.15) is 0 Å². The summed E-state index contributed by atoms with van der Waals surface area (Å²) in [5, 5.41) is 2.02. The van der Waals surface area contributed by atoms with Crippen molar-refractivity contribution in [2.75, 3.05) is 7.05 Å². The van der Waals surface area contributed by atoms with Crippen LogP contribution in [0, 0.1) is 0 Å². The van der Waals surface area contributed by atoms with E-state index in [-0.39, 0.29) is 11.1 Å². The summed E-state index contributed by atoms with van der Waals surface area (Å²) in [5.41, 5.74) is 1.22. The van der Waals surface area contributed by atoms with Crippen molar-refractivity contribution in [3.05, 3.63) is 77.4 Å². The highest BCUT2D eigenvalue weighted by atomic mass is 16.7. The van der Waals surface area contributed by atoms with Crippen LogP contribution in [0.5, 0.6) is 0 Å². The second kappa shape index (κ2) is 5.78. The first-order valence-electron chi connectivity index (χ1n) is 9.32. The molecule has 2 aliphatic rings. The molecule has 2 aromatic carbocycles. The van der Waals surface area contributed by atoms with E-state index < -0.39 is 5.66 Å². The molecule has 1 atom stereocenters. The summed E-state index contributed by atoms with van der Waals surface area (Å²) in [6, 6.07) is 20.0. The zero-order chi connectivity index (χ0) is 19.4. The fraction of sp³-hybridized carbons (Fsp3) is 0.348. The monoisotopic (exact) mass is 362 g/mol. The van der Waals surface area contributed by atoms with Crippen molar-refractivity contribution in [2.45, 2.75) is 44.4 Å². The number of rotatable bonds is 3. The van der Waals surface area contributed by atoms with Gasteiger partial charge in [-0.05, 0) is 40.3 Å². The lowest BCUT2D eigenvalue weighted by molar-refractivity contribution is -0.186. The average molecular weight is 362 g/mol. The van der Waals surface area contributed by atoms with E-state index in [0.29, 0.717) is 11.3 Å². The van der Waals surface area contributed by atoms with Gasteiger partial charge in [0, 0.05) is 11.1 Å². The highest BCUT2D eigenvalue weighted by Crippen LogP contribution is 2.60. The van der Waals surface area contributed by atoms with Crippen LogP contribution in [0.3, 0.4) is 0 Å². The Kier molecular flexibility index (Phi) is 3.85. The fourth-order valence-electron chi connectivity index (χ4n) is 4.44.